The van der Waals surface area contributed by atoms with Gasteiger partial charge in [0.1, 0.15) is 24.4 Å². The summed E-state index contributed by atoms with van der Waals surface area (Å²) in [7, 11) is 2.82. The van der Waals surface area contributed by atoms with Crippen molar-refractivity contribution in [3.63, 3.8) is 0 Å². The molecule has 0 bridgehead atoms. The van der Waals surface area contributed by atoms with E-state index in [-0.39, 0.29) is 23.9 Å². The van der Waals surface area contributed by atoms with Crippen molar-refractivity contribution in [2.45, 2.75) is 30.7 Å². The lowest BCUT2D eigenvalue weighted by Gasteiger charge is -2.39. The molecule has 1 aliphatic heterocycles. The van der Waals surface area contributed by atoms with E-state index in [4.69, 9.17) is 24.1 Å². The largest absolute Gasteiger partial charge is 0.493 e. The minimum absolute atomic E-state index is 0.112. The van der Waals surface area contributed by atoms with Crippen molar-refractivity contribution in [1.82, 2.24) is 0 Å². The van der Waals surface area contributed by atoms with Crippen LogP contribution in [0.4, 0.5) is 0 Å². The van der Waals surface area contributed by atoms with Gasteiger partial charge < -0.3 is 44.5 Å². The Bertz CT molecular complexity index is 591. The average molecular weight is 372 g/mol. The average Bonchev–Trinajstić information content (AvgIpc) is 2.66. The molecular formula is C17H24O9. The SMILES string of the molecule is COc1cc(/C=C/CO)cc(OC)c1O[C@@H]1O[C@H](CO)[C@@H](O)[C@H](O)C1O. The van der Waals surface area contributed by atoms with E-state index in [0.717, 1.165) is 0 Å². The third-order valence-electron chi connectivity index (χ3n) is 3.98. The van der Waals surface area contributed by atoms with Crippen LogP contribution in [0.15, 0.2) is 18.2 Å². The second kappa shape index (κ2) is 9.17. The predicted molar refractivity (Wildman–Crippen MR) is 90.1 cm³/mol. The first-order chi connectivity index (χ1) is 12.5. The molecule has 146 valence electrons. The summed E-state index contributed by atoms with van der Waals surface area (Å²) in [6.07, 6.45) is -3.88. The molecule has 1 aromatic rings. The zero-order valence-electron chi connectivity index (χ0n) is 14.5. The van der Waals surface area contributed by atoms with Crippen molar-refractivity contribution in [2.75, 3.05) is 27.4 Å². The molecule has 0 amide bonds. The Labute approximate surface area is 150 Å². The maximum atomic E-state index is 10.1. The van der Waals surface area contributed by atoms with Crippen LogP contribution in [0.25, 0.3) is 6.08 Å². The van der Waals surface area contributed by atoms with E-state index in [1.165, 1.54) is 20.3 Å². The third kappa shape index (κ3) is 4.26. The van der Waals surface area contributed by atoms with Gasteiger partial charge in [0.2, 0.25) is 12.0 Å². The molecule has 5 N–H and O–H groups in total. The molecule has 1 unspecified atom stereocenters. The third-order valence-corrected chi connectivity index (χ3v) is 3.98. The van der Waals surface area contributed by atoms with Crippen LogP contribution in [-0.4, -0.2) is 83.7 Å². The van der Waals surface area contributed by atoms with Gasteiger partial charge in [-0.05, 0) is 17.7 Å². The Morgan fingerprint density at radius 3 is 2.12 bits per heavy atom. The normalized spacial score (nSPS) is 29.0. The van der Waals surface area contributed by atoms with E-state index in [9.17, 15) is 20.4 Å². The van der Waals surface area contributed by atoms with Crippen LogP contribution >= 0.6 is 0 Å². The Kier molecular flexibility index (Phi) is 7.21. The van der Waals surface area contributed by atoms with Gasteiger partial charge in [-0.25, -0.2) is 0 Å². The standard InChI is InChI=1S/C17H24O9/c1-23-10-6-9(4-3-5-18)7-11(24-2)16(10)26-17-15(22)14(21)13(20)12(8-19)25-17/h3-4,6-7,12-15,17-22H,5,8H2,1-2H3/b4-3+/t12-,13-,14+,15?,17+/m1/s1. The van der Waals surface area contributed by atoms with Gasteiger partial charge in [-0.3, -0.25) is 0 Å². The molecule has 9 heteroatoms. The molecule has 0 aromatic heterocycles. The first-order valence-electron chi connectivity index (χ1n) is 7.97. The number of aliphatic hydroxyl groups is 5. The zero-order valence-corrected chi connectivity index (χ0v) is 14.5. The van der Waals surface area contributed by atoms with Crippen LogP contribution < -0.4 is 14.2 Å². The van der Waals surface area contributed by atoms with E-state index in [1.807, 2.05) is 0 Å². The Balaban J connectivity index is 2.33. The molecule has 1 heterocycles. The fourth-order valence-electron chi connectivity index (χ4n) is 2.58. The number of rotatable bonds is 7. The molecule has 26 heavy (non-hydrogen) atoms. The maximum Gasteiger partial charge on any atom is 0.229 e. The zero-order chi connectivity index (χ0) is 19.3. The molecule has 0 aliphatic carbocycles. The topological polar surface area (TPSA) is 138 Å². The highest BCUT2D eigenvalue weighted by Gasteiger charge is 2.45. The number of hydrogen-bond acceptors (Lipinski definition) is 9. The summed E-state index contributed by atoms with van der Waals surface area (Å²) in [6, 6.07) is 3.24. The minimum Gasteiger partial charge on any atom is -0.493 e. The molecule has 1 fully saturated rings. The van der Waals surface area contributed by atoms with Gasteiger partial charge in [0.05, 0.1) is 27.4 Å². The highest BCUT2D eigenvalue weighted by Crippen LogP contribution is 2.40. The van der Waals surface area contributed by atoms with Crippen LogP contribution in [-0.2, 0) is 4.74 Å². The van der Waals surface area contributed by atoms with E-state index < -0.39 is 37.3 Å². The van der Waals surface area contributed by atoms with Crippen molar-refractivity contribution in [3.8, 4) is 17.2 Å². The number of methoxy groups -OCH3 is 2. The molecule has 5 atom stereocenters. The van der Waals surface area contributed by atoms with Crippen LogP contribution in [0.1, 0.15) is 5.56 Å². The predicted octanol–water partition coefficient (Wildman–Crippen LogP) is -1.11. The lowest BCUT2D eigenvalue weighted by molar-refractivity contribution is -0.277. The van der Waals surface area contributed by atoms with Gasteiger partial charge in [-0.1, -0.05) is 12.2 Å². The summed E-state index contributed by atoms with van der Waals surface area (Å²) >= 11 is 0. The first kappa shape index (κ1) is 20.4. The van der Waals surface area contributed by atoms with Crippen LogP contribution in [0, 0.1) is 0 Å². The molecule has 2 rings (SSSR count). The molecule has 1 aromatic carbocycles. The van der Waals surface area contributed by atoms with E-state index >= 15 is 0 Å². The second-order valence-electron chi connectivity index (χ2n) is 5.65. The molecule has 0 spiro atoms. The highest BCUT2D eigenvalue weighted by atomic mass is 16.7. The first-order valence-corrected chi connectivity index (χ1v) is 7.97. The van der Waals surface area contributed by atoms with Gasteiger partial charge in [-0.2, -0.15) is 0 Å². The molecule has 0 saturated carbocycles. The number of benzene rings is 1. The Morgan fingerprint density at radius 1 is 1.00 bits per heavy atom. The van der Waals surface area contributed by atoms with Crippen molar-refractivity contribution in [1.29, 1.82) is 0 Å². The Hall–Kier alpha value is -1.88. The van der Waals surface area contributed by atoms with E-state index in [0.29, 0.717) is 5.56 Å². The van der Waals surface area contributed by atoms with Crippen LogP contribution in [0.2, 0.25) is 0 Å². The lowest BCUT2D eigenvalue weighted by atomic mass is 9.99. The molecule has 1 aliphatic rings. The van der Waals surface area contributed by atoms with E-state index in [2.05, 4.69) is 0 Å². The molecule has 9 nitrogen and oxygen atoms in total. The number of ether oxygens (including phenoxy) is 4. The van der Waals surface area contributed by atoms with Gasteiger partial charge in [-0.15, -0.1) is 0 Å². The maximum absolute atomic E-state index is 10.1. The molecule has 1 saturated heterocycles. The van der Waals surface area contributed by atoms with Crippen LogP contribution in [0.3, 0.4) is 0 Å². The summed E-state index contributed by atoms with van der Waals surface area (Å²) in [5.74, 6) is 0.637. The Morgan fingerprint density at radius 2 is 1.62 bits per heavy atom. The summed E-state index contributed by atoms with van der Waals surface area (Å²) < 4.78 is 21.6. The van der Waals surface area contributed by atoms with E-state index in [1.54, 1.807) is 18.2 Å². The minimum atomic E-state index is -1.56. The van der Waals surface area contributed by atoms with Gasteiger partial charge in [0.15, 0.2) is 11.5 Å². The fourth-order valence-corrected chi connectivity index (χ4v) is 2.58. The lowest BCUT2D eigenvalue weighted by Crippen LogP contribution is -2.60. The summed E-state index contributed by atoms with van der Waals surface area (Å²) in [5.41, 5.74) is 0.675. The molecular weight excluding hydrogens is 348 g/mol. The number of hydrogen-bond donors (Lipinski definition) is 5. The van der Waals surface area contributed by atoms with Crippen molar-refractivity contribution in [2.24, 2.45) is 0 Å². The van der Waals surface area contributed by atoms with Gasteiger partial charge in [0, 0.05) is 0 Å². The van der Waals surface area contributed by atoms with Crippen LogP contribution in [0.5, 0.6) is 17.2 Å². The monoisotopic (exact) mass is 372 g/mol. The smallest absolute Gasteiger partial charge is 0.229 e. The van der Waals surface area contributed by atoms with Crippen molar-refractivity contribution < 1.29 is 44.5 Å². The number of aliphatic hydroxyl groups excluding tert-OH is 5. The van der Waals surface area contributed by atoms with Crippen molar-refractivity contribution >= 4 is 6.08 Å². The second-order valence-corrected chi connectivity index (χ2v) is 5.65. The van der Waals surface area contributed by atoms with Gasteiger partial charge in [0.25, 0.3) is 0 Å². The summed E-state index contributed by atoms with van der Waals surface area (Å²) in [5, 5.41) is 48.0. The van der Waals surface area contributed by atoms with Gasteiger partial charge >= 0.3 is 0 Å². The van der Waals surface area contributed by atoms with Crippen molar-refractivity contribution in [3.05, 3.63) is 23.8 Å². The fraction of sp³-hybridized carbons (Fsp3) is 0.529. The summed E-state index contributed by atoms with van der Waals surface area (Å²) in [6.45, 7) is -0.697. The quantitative estimate of drug-likeness (QED) is 0.403. The summed E-state index contributed by atoms with van der Waals surface area (Å²) in [4.78, 5) is 0. The highest BCUT2D eigenvalue weighted by molar-refractivity contribution is 5.62. The molecule has 0 radical (unpaired) electrons.